The van der Waals surface area contributed by atoms with Gasteiger partial charge in [0.15, 0.2) is 5.65 Å². The zero-order valence-electron chi connectivity index (χ0n) is 7.79. The number of hydrogen-bond donors (Lipinski definition) is 1. The minimum Gasteiger partial charge on any atom is -0.369 e. The van der Waals surface area contributed by atoms with Crippen LogP contribution in [0.1, 0.15) is 0 Å². The lowest BCUT2D eigenvalue weighted by Gasteiger charge is -2.00. The fourth-order valence-electron chi connectivity index (χ4n) is 1.57. The quantitative estimate of drug-likeness (QED) is 0.677. The van der Waals surface area contributed by atoms with Gasteiger partial charge in [0.1, 0.15) is 5.52 Å². The number of hydrogen-bond acceptors (Lipinski definition) is 4. The van der Waals surface area contributed by atoms with Gasteiger partial charge in [-0.15, -0.1) is 0 Å². The highest BCUT2D eigenvalue weighted by atomic mass is 32.1. The third-order valence-corrected chi connectivity index (χ3v) is 2.88. The first-order chi connectivity index (χ1) is 7.36. The van der Waals surface area contributed by atoms with E-state index in [9.17, 15) is 0 Å². The number of nitrogens with zero attached hydrogens (tertiary/aromatic N) is 3. The molecular weight excluding hydrogens is 208 g/mol. The third-order valence-electron chi connectivity index (χ3n) is 2.21. The molecule has 0 saturated carbocycles. The molecule has 0 fully saturated rings. The van der Waals surface area contributed by atoms with Gasteiger partial charge < -0.3 is 5.73 Å². The molecule has 0 aromatic carbocycles. The van der Waals surface area contributed by atoms with E-state index in [0.717, 1.165) is 16.9 Å². The number of fused-ring (bicyclic) bond motifs is 1. The van der Waals surface area contributed by atoms with Crippen LogP contribution in [0, 0.1) is 0 Å². The minimum atomic E-state index is 0.474. The van der Waals surface area contributed by atoms with Crippen molar-refractivity contribution in [3.63, 3.8) is 0 Å². The first-order valence-corrected chi connectivity index (χ1v) is 5.42. The monoisotopic (exact) mass is 216 g/mol. The van der Waals surface area contributed by atoms with E-state index < -0.39 is 0 Å². The van der Waals surface area contributed by atoms with Crippen molar-refractivity contribution in [2.45, 2.75) is 0 Å². The number of nitrogen functional groups attached to an aromatic ring is 1. The number of rotatable bonds is 1. The summed E-state index contributed by atoms with van der Waals surface area (Å²) in [7, 11) is 0. The van der Waals surface area contributed by atoms with Crippen LogP contribution in [0.25, 0.3) is 16.9 Å². The second kappa shape index (κ2) is 3.06. The summed E-state index contributed by atoms with van der Waals surface area (Å²) in [5.41, 5.74) is 8.49. The molecule has 3 aromatic rings. The van der Waals surface area contributed by atoms with E-state index in [2.05, 4.69) is 9.97 Å². The summed E-state index contributed by atoms with van der Waals surface area (Å²) in [6.45, 7) is 0. The molecule has 0 aliphatic carbocycles. The molecule has 3 heterocycles. The van der Waals surface area contributed by atoms with Crippen LogP contribution in [0.2, 0.25) is 0 Å². The van der Waals surface area contributed by atoms with Gasteiger partial charge in [0.2, 0.25) is 5.95 Å². The van der Waals surface area contributed by atoms with Gasteiger partial charge >= 0.3 is 0 Å². The number of anilines is 1. The molecule has 0 atom stereocenters. The van der Waals surface area contributed by atoms with Crippen LogP contribution < -0.4 is 5.73 Å². The third kappa shape index (κ3) is 1.20. The van der Waals surface area contributed by atoms with E-state index >= 15 is 0 Å². The average molecular weight is 216 g/mol. The van der Waals surface area contributed by atoms with Crippen molar-refractivity contribution < 1.29 is 0 Å². The van der Waals surface area contributed by atoms with Crippen molar-refractivity contribution in [3.05, 3.63) is 35.2 Å². The maximum absolute atomic E-state index is 5.86. The number of pyridine rings is 1. The van der Waals surface area contributed by atoms with Crippen molar-refractivity contribution in [1.82, 2.24) is 14.5 Å². The second-order valence-electron chi connectivity index (χ2n) is 3.13. The Labute approximate surface area is 90.0 Å². The average Bonchev–Trinajstić information content (AvgIpc) is 2.82. The van der Waals surface area contributed by atoms with Gasteiger partial charge in [-0.05, 0) is 23.6 Å². The Morgan fingerprint density at radius 1 is 1.33 bits per heavy atom. The number of thiophene rings is 1. The lowest BCUT2D eigenvalue weighted by molar-refractivity contribution is 1.09. The van der Waals surface area contributed by atoms with Crippen molar-refractivity contribution >= 4 is 28.4 Å². The van der Waals surface area contributed by atoms with Gasteiger partial charge in [0, 0.05) is 11.6 Å². The van der Waals surface area contributed by atoms with E-state index in [-0.39, 0.29) is 0 Å². The first-order valence-electron chi connectivity index (χ1n) is 4.48. The molecule has 0 spiro atoms. The topological polar surface area (TPSA) is 56.7 Å². The fourth-order valence-corrected chi connectivity index (χ4v) is 2.19. The molecule has 5 heteroatoms. The zero-order valence-corrected chi connectivity index (χ0v) is 8.61. The second-order valence-corrected chi connectivity index (χ2v) is 3.91. The molecule has 0 aliphatic rings. The Morgan fingerprint density at radius 3 is 3.07 bits per heavy atom. The number of nitrogens with two attached hydrogens (primary N) is 1. The first kappa shape index (κ1) is 8.43. The number of aromatic nitrogens is 3. The van der Waals surface area contributed by atoms with E-state index in [1.807, 2.05) is 33.5 Å². The Balaban J connectivity index is 2.39. The van der Waals surface area contributed by atoms with Crippen molar-refractivity contribution in [2.24, 2.45) is 0 Å². The summed E-state index contributed by atoms with van der Waals surface area (Å²) in [5.74, 6) is 0.474. The molecular formula is C10H8N4S. The molecule has 0 amide bonds. The summed E-state index contributed by atoms with van der Waals surface area (Å²) >= 11 is 1.62. The predicted molar refractivity (Wildman–Crippen MR) is 61.2 cm³/mol. The van der Waals surface area contributed by atoms with Crippen LogP contribution in [0.15, 0.2) is 35.2 Å². The van der Waals surface area contributed by atoms with Crippen molar-refractivity contribution in [2.75, 3.05) is 5.73 Å². The van der Waals surface area contributed by atoms with Gasteiger partial charge in [0.05, 0.1) is 5.69 Å². The number of imidazole rings is 1. The van der Waals surface area contributed by atoms with Crippen molar-refractivity contribution in [3.8, 4) is 5.69 Å². The maximum Gasteiger partial charge on any atom is 0.207 e. The Hall–Kier alpha value is -1.88. The van der Waals surface area contributed by atoms with Gasteiger partial charge in [-0.2, -0.15) is 11.3 Å². The molecule has 0 bridgehead atoms. The molecule has 3 rings (SSSR count). The summed E-state index contributed by atoms with van der Waals surface area (Å²) < 4.78 is 1.85. The molecule has 0 saturated heterocycles. The lowest BCUT2D eigenvalue weighted by Crippen LogP contribution is -1.99. The smallest absolute Gasteiger partial charge is 0.207 e. The highest BCUT2D eigenvalue weighted by Gasteiger charge is 2.10. The van der Waals surface area contributed by atoms with Gasteiger partial charge in [-0.25, -0.2) is 9.97 Å². The highest BCUT2D eigenvalue weighted by Crippen LogP contribution is 2.22. The molecule has 15 heavy (non-hydrogen) atoms. The van der Waals surface area contributed by atoms with Crippen LogP contribution in [-0.4, -0.2) is 14.5 Å². The molecule has 3 aromatic heterocycles. The van der Waals surface area contributed by atoms with Crippen LogP contribution >= 0.6 is 11.3 Å². The van der Waals surface area contributed by atoms with Gasteiger partial charge in [-0.1, -0.05) is 0 Å². The molecule has 0 unspecified atom stereocenters. The van der Waals surface area contributed by atoms with Crippen LogP contribution in [0.4, 0.5) is 5.95 Å². The highest BCUT2D eigenvalue weighted by molar-refractivity contribution is 7.08. The fraction of sp³-hybridized carbons (Fsp3) is 0. The normalized spacial score (nSPS) is 10.9. The van der Waals surface area contributed by atoms with Crippen LogP contribution in [0.5, 0.6) is 0 Å². The largest absolute Gasteiger partial charge is 0.369 e. The predicted octanol–water partition coefficient (Wildman–Crippen LogP) is 2.06. The van der Waals surface area contributed by atoms with Crippen LogP contribution in [-0.2, 0) is 0 Å². The van der Waals surface area contributed by atoms with Crippen LogP contribution in [0.3, 0.4) is 0 Å². The van der Waals surface area contributed by atoms with Crippen molar-refractivity contribution in [1.29, 1.82) is 0 Å². The molecule has 4 nitrogen and oxygen atoms in total. The summed E-state index contributed by atoms with van der Waals surface area (Å²) in [5, 5.41) is 4.02. The Kier molecular flexibility index (Phi) is 1.72. The summed E-state index contributed by atoms with van der Waals surface area (Å²) in [4.78, 5) is 8.54. The lowest BCUT2D eigenvalue weighted by atomic mass is 10.4. The Morgan fingerprint density at radius 2 is 2.27 bits per heavy atom. The Bertz CT molecular complexity index is 597. The van der Waals surface area contributed by atoms with Gasteiger partial charge in [0.25, 0.3) is 0 Å². The molecule has 74 valence electrons. The van der Waals surface area contributed by atoms with Gasteiger partial charge in [-0.3, -0.25) is 4.57 Å². The maximum atomic E-state index is 5.86. The summed E-state index contributed by atoms with van der Waals surface area (Å²) in [6.07, 6.45) is 1.74. The zero-order chi connectivity index (χ0) is 10.3. The SMILES string of the molecule is Nc1nc2cccnc2n1-c1ccsc1. The van der Waals surface area contributed by atoms with E-state index in [0.29, 0.717) is 5.95 Å². The molecule has 0 aliphatic heterocycles. The molecule has 0 radical (unpaired) electrons. The standard InChI is InChI=1S/C10H8N4S/c11-10-13-8-2-1-4-12-9(8)14(10)7-3-5-15-6-7/h1-6H,(H2,11,13). The van der Waals surface area contributed by atoms with E-state index in [1.54, 1.807) is 17.5 Å². The molecule has 2 N–H and O–H groups in total. The van der Waals surface area contributed by atoms with E-state index in [4.69, 9.17) is 5.73 Å². The summed E-state index contributed by atoms with van der Waals surface area (Å²) in [6, 6.07) is 5.76. The minimum absolute atomic E-state index is 0.474. The van der Waals surface area contributed by atoms with E-state index in [1.165, 1.54) is 0 Å².